The Morgan fingerprint density at radius 3 is 2.36 bits per heavy atom. The number of likely N-dealkylation sites (N-methyl/N-ethyl adjacent to an activating group) is 1. The average Bonchev–Trinajstić information content (AvgIpc) is 2.62. The van der Waals surface area contributed by atoms with Crippen LogP contribution in [-0.4, -0.2) is 68.6 Å². The molecule has 0 spiro atoms. The summed E-state index contributed by atoms with van der Waals surface area (Å²) in [4.78, 5) is 9.22. The molecule has 0 saturated carbocycles. The SMILES string of the molecule is CN=C(NCC(c1ccccc1)N(C)C)NC1CCN(C(C)C)CC1. The van der Waals surface area contributed by atoms with Crippen LogP contribution in [0.5, 0.6) is 0 Å². The molecule has 2 N–H and O–H groups in total. The molecule has 0 amide bonds. The van der Waals surface area contributed by atoms with E-state index in [1.165, 1.54) is 18.4 Å². The van der Waals surface area contributed by atoms with Gasteiger partial charge in [0.05, 0.1) is 6.04 Å². The van der Waals surface area contributed by atoms with Crippen LogP contribution in [0.1, 0.15) is 38.3 Å². The third-order valence-electron chi connectivity index (χ3n) is 5.09. The van der Waals surface area contributed by atoms with Crippen LogP contribution in [0.2, 0.25) is 0 Å². The Bertz CT molecular complexity index is 518. The van der Waals surface area contributed by atoms with Gasteiger partial charge in [0.15, 0.2) is 5.96 Å². The number of likely N-dealkylation sites (tertiary alicyclic amines) is 1. The molecule has 1 atom stereocenters. The fraction of sp³-hybridized carbons (Fsp3) is 0.650. The minimum atomic E-state index is 0.322. The summed E-state index contributed by atoms with van der Waals surface area (Å²) in [5.41, 5.74) is 1.32. The van der Waals surface area contributed by atoms with E-state index in [4.69, 9.17) is 0 Å². The lowest BCUT2D eigenvalue weighted by Crippen LogP contribution is -2.50. The van der Waals surface area contributed by atoms with Crippen LogP contribution in [0.4, 0.5) is 0 Å². The van der Waals surface area contributed by atoms with Crippen LogP contribution in [0.25, 0.3) is 0 Å². The fourth-order valence-electron chi connectivity index (χ4n) is 3.42. The second kappa shape index (κ2) is 9.78. The molecule has 1 aromatic rings. The van der Waals surface area contributed by atoms with Crippen molar-refractivity contribution in [2.24, 2.45) is 4.99 Å². The molecule has 1 aliphatic rings. The van der Waals surface area contributed by atoms with E-state index in [1.54, 1.807) is 0 Å². The molecular formula is C20H35N5. The van der Waals surface area contributed by atoms with Gasteiger partial charge in [-0.3, -0.25) is 4.99 Å². The van der Waals surface area contributed by atoms with Gasteiger partial charge in [-0.25, -0.2) is 0 Å². The summed E-state index contributed by atoms with van der Waals surface area (Å²) >= 11 is 0. The molecule has 5 heteroatoms. The van der Waals surface area contributed by atoms with Gasteiger partial charge >= 0.3 is 0 Å². The zero-order valence-electron chi connectivity index (χ0n) is 16.5. The van der Waals surface area contributed by atoms with Crippen LogP contribution in [0, 0.1) is 0 Å². The van der Waals surface area contributed by atoms with E-state index in [9.17, 15) is 0 Å². The topological polar surface area (TPSA) is 42.9 Å². The maximum Gasteiger partial charge on any atom is 0.191 e. The molecule has 1 fully saturated rings. The minimum Gasteiger partial charge on any atom is -0.354 e. The van der Waals surface area contributed by atoms with Crippen LogP contribution in [0.3, 0.4) is 0 Å². The third-order valence-corrected chi connectivity index (χ3v) is 5.09. The van der Waals surface area contributed by atoms with Gasteiger partial charge in [-0.05, 0) is 46.3 Å². The highest BCUT2D eigenvalue weighted by atomic mass is 15.2. The van der Waals surface area contributed by atoms with Crippen LogP contribution < -0.4 is 10.6 Å². The van der Waals surface area contributed by atoms with Gasteiger partial charge in [-0.15, -0.1) is 0 Å². The first-order chi connectivity index (χ1) is 12.0. The number of nitrogens with zero attached hydrogens (tertiary/aromatic N) is 3. The van der Waals surface area contributed by atoms with Crippen molar-refractivity contribution in [2.45, 2.75) is 44.8 Å². The molecule has 0 aliphatic carbocycles. The Labute approximate surface area is 153 Å². The van der Waals surface area contributed by atoms with E-state index in [-0.39, 0.29) is 0 Å². The highest BCUT2D eigenvalue weighted by Crippen LogP contribution is 2.17. The van der Waals surface area contributed by atoms with Crippen molar-refractivity contribution in [1.82, 2.24) is 20.4 Å². The van der Waals surface area contributed by atoms with Gasteiger partial charge in [0, 0.05) is 38.8 Å². The number of hydrogen-bond acceptors (Lipinski definition) is 3. The molecular weight excluding hydrogens is 310 g/mol. The first-order valence-electron chi connectivity index (χ1n) is 9.44. The molecule has 0 aromatic heterocycles. The molecule has 0 radical (unpaired) electrons. The molecule has 1 saturated heterocycles. The van der Waals surface area contributed by atoms with E-state index in [2.05, 4.69) is 83.7 Å². The lowest BCUT2D eigenvalue weighted by Gasteiger charge is -2.35. The fourth-order valence-corrected chi connectivity index (χ4v) is 3.42. The van der Waals surface area contributed by atoms with Crippen LogP contribution in [0.15, 0.2) is 35.3 Å². The number of hydrogen-bond donors (Lipinski definition) is 2. The number of benzene rings is 1. The van der Waals surface area contributed by atoms with E-state index in [0.717, 1.165) is 25.6 Å². The zero-order valence-corrected chi connectivity index (χ0v) is 16.5. The standard InChI is InChI=1S/C20H35N5/c1-16(2)25-13-11-18(12-14-25)23-20(21-3)22-15-19(24(4)5)17-9-7-6-8-10-17/h6-10,16,18-19H,11-15H2,1-5H3,(H2,21,22,23). The Kier molecular flexibility index (Phi) is 7.72. The van der Waals surface area contributed by atoms with Crippen molar-refractivity contribution in [2.75, 3.05) is 40.8 Å². The van der Waals surface area contributed by atoms with E-state index >= 15 is 0 Å². The predicted octanol–water partition coefficient (Wildman–Crippen LogP) is 2.33. The highest BCUT2D eigenvalue weighted by molar-refractivity contribution is 5.80. The molecule has 25 heavy (non-hydrogen) atoms. The Hall–Kier alpha value is -1.59. The van der Waals surface area contributed by atoms with Crippen molar-refractivity contribution < 1.29 is 0 Å². The number of rotatable bonds is 6. The summed E-state index contributed by atoms with van der Waals surface area (Å²) in [7, 11) is 6.10. The van der Waals surface area contributed by atoms with Gasteiger partial charge in [0.1, 0.15) is 0 Å². The Balaban J connectivity index is 1.85. The second-order valence-electron chi connectivity index (χ2n) is 7.39. The van der Waals surface area contributed by atoms with Crippen molar-refractivity contribution in [3.05, 3.63) is 35.9 Å². The zero-order chi connectivity index (χ0) is 18.2. The molecule has 5 nitrogen and oxygen atoms in total. The summed E-state index contributed by atoms with van der Waals surface area (Å²) in [6, 6.07) is 12.1. The van der Waals surface area contributed by atoms with Gasteiger partial charge < -0.3 is 20.4 Å². The number of aliphatic imine (C=N–C) groups is 1. The highest BCUT2D eigenvalue weighted by Gasteiger charge is 2.22. The minimum absolute atomic E-state index is 0.322. The summed E-state index contributed by atoms with van der Waals surface area (Å²) in [6.45, 7) is 7.72. The second-order valence-corrected chi connectivity index (χ2v) is 7.39. The van der Waals surface area contributed by atoms with Gasteiger partial charge in [0.2, 0.25) is 0 Å². The maximum absolute atomic E-state index is 4.42. The summed E-state index contributed by atoms with van der Waals surface area (Å²) in [5.74, 6) is 0.908. The summed E-state index contributed by atoms with van der Waals surface area (Å²) in [6.07, 6.45) is 2.35. The van der Waals surface area contributed by atoms with E-state index in [0.29, 0.717) is 18.1 Å². The molecule has 0 bridgehead atoms. The van der Waals surface area contributed by atoms with Crippen LogP contribution in [-0.2, 0) is 0 Å². The van der Waals surface area contributed by atoms with E-state index < -0.39 is 0 Å². The normalized spacial score (nSPS) is 18.6. The van der Waals surface area contributed by atoms with Crippen molar-refractivity contribution >= 4 is 5.96 Å². The Morgan fingerprint density at radius 1 is 1.20 bits per heavy atom. The molecule has 1 aromatic carbocycles. The van der Waals surface area contributed by atoms with Crippen molar-refractivity contribution in [3.63, 3.8) is 0 Å². The molecule has 140 valence electrons. The molecule has 2 rings (SSSR count). The summed E-state index contributed by atoms with van der Waals surface area (Å²) in [5, 5.41) is 7.12. The summed E-state index contributed by atoms with van der Waals surface area (Å²) < 4.78 is 0. The average molecular weight is 346 g/mol. The first kappa shape index (κ1) is 19.7. The number of guanidine groups is 1. The molecule has 1 unspecified atom stereocenters. The van der Waals surface area contributed by atoms with E-state index in [1.807, 2.05) is 7.05 Å². The monoisotopic (exact) mass is 345 g/mol. The first-order valence-corrected chi connectivity index (χ1v) is 9.44. The van der Waals surface area contributed by atoms with Crippen molar-refractivity contribution in [3.8, 4) is 0 Å². The largest absolute Gasteiger partial charge is 0.354 e. The molecule has 1 heterocycles. The van der Waals surface area contributed by atoms with Gasteiger partial charge in [0.25, 0.3) is 0 Å². The maximum atomic E-state index is 4.42. The number of nitrogens with one attached hydrogen (secondary N) is 2. The van der Waals surface area contributed by atoms with Gasteiger partial charge in [-0.2, -0.15) is 0 Å². The lowest BCUT2D eigenvalue weighted by atomic mass is 10.0. The number of piperidine rings is 1. The predicted molar refractivity (Wildman–Crippen MR) is 107 cm³/mol. The smallest absolute Gasteiger partial charge is 0.191 e. The lowest BCUT2D eigenvalue weighted by molar-refractivity contribution is 0.167. The Morgan fingerprint density at radius 2 is 1.84 bits per heavy atom. The van der Waals surface area contributed by atoms with Crippen LogP contribution >= 0.6 is 0 Å². The van der Waals surface area contributed by atoms with Gasteiger partial charge in [-0.1, -0.05) is 30.3 Å². The third kappa shape index (κ3) is 6.01. The quantitative estimate of drug-likeness (QED) is 0.613. The van der Waals surface area contributed by atoms with Crippen molar-refractivity contribution in [1.29, 1.82) is 0 Å². The molecule has 1 aliphatic heterocycles.